The lowest BCUT2D eigenvalue weighted by molar-refractivity contribution is 0.408. The van der Waals surface area contributed by atoms with Crippen molar-refractivity contribution in [1.82, 2.24) is 4.72 Å². The molecule has 0 aromatic heterocycles. The summed E-state index contributed by atoms with van der Waals surface area (Å²) in [6.45, 7) is 4.63. The van der Waals surface area contributed by atoms with E-state index in [-0.39, 0.29) is 0 Å². The Morgan fingerprint density at radius 1 is 1.33 bits per heavy atom. The van der Waals surface area contributed by atoms with Crippen molar-refractivity contribution in [2.45, 2.75) is 26.2 Å². The topological polar surface area (TPSA) is 55.4 Å². The Bertz CT molecular complexity index is 495. The molecule has 18 heavy (non-hydrogen) atoms. The first-order chi connectivity index (χ1) is 8.33. The van der Waals surface area contributed by atoms with Gasteiger partial charge in [-0.3, -0.25) is 0 Å². The van der Waals surface area contributed by atoms with Crippen LogP contribution in [0.25, 0.3) is 0 Å². The molecule has 0 unspecified atom stereocenters. The fourth-order valence-corrected chi connectivity index (χ4v) is 2.17. The van der Waals surface area contributed by atoms with Crippen LogP contribution < -0.4 is 9.46 Å². The van der Waals surface area contributed by atoms with Gasteiger partial charge in [0.25, 0.3) is 0 Å². The zero-order chi connectivity index (χ0) is 13.8. The third kappa shape index (κ3) is 4.66. The normalized spacial score (nSPS) is 11.8. The van der Waals surface area contributed by atoms with E-state index in [4.69, 9.17) is 4.74 Å². The van der Waals surface area contributed by atoms with Gasteiger partial charge in [0.2, 0.25) is 10.0 Å². The number of ether oxygens (including phenoxy) is 1. The van der Waals surface area contributed by atoms with Gasteiger partial charge in [-0.15, -0.1) is 0 Å². The Kier molecular flexibility index (Phi) is 5.16. The van der Waals surface area contributed by atoms with Crippen LogP contribution >= 0.6 is 0 Å². The summed E-state index contributed by atoms with van der Waals surface area (Å²) in [5, 5.41) is 0. The lowest BCUT2D eigenvalue weighted by atomic mass is 10.00. The molecule has 0 amide bonds. The molecule has 0 atom stereocenters. The molecule has 0 aliphatic carbocycles. The lowest BCUT2D eigenvalue weighted by Crippen LogP contribution is -2.24. The standard InChI is InChI=1S/C13H21NO3S/c1-10(2)12-6-5-11(13(9-12)17-3)7-8-14-18(4,15)16/h5-6,9-10,14H,7-8H2,1-4H3. The molecule has 0 aliphatic heterocycles. The van der Waals surface area contributed by atoms with Crippen molar-refractivity contribution in [1.29, 1.82) is 0 Å². The summed E-state index contributed by atoms with van der Waals surface area (Å²) in [6.07, 6.45) is 1.78. The lowest BCUT2D eigenvalue weighted by Gasteiger charge is -2.12. The molecule has 102 valence electrons. The summed E-state index contributed by atoms with van der Waals surface area (Å²) < 4.78 is 29.8. The maximum absolute atomic E-state index is 11.0. The molecule has 0 aliphatic rings. The van der Waals surface area contributed by atoms with Crippen molar-refractivity contribution >= 4 is 10.0 Å². The molecule has 5 heteroatoms. The SMILES string of the molecule is COc1cc(C(C)C)ccc1CCNS(C)(=O)=O. The van der Waals surface area contributed by atoms with Crippen LogP contribution in [-0.4, -0.2) is 28.3 Å². The molecular weight excluding hydrogens is 250 g/mol. The number of sulfonamides is 1. The van der Waals surface area contributed by atoms with Crippen molar-refractivity contribution in [3.05, 3.63) is 29.3 Å². The van der Waals surface area contributed by atoms with E-state index in [2.05, 4.69) is 24.6 Å². The average Bonchev–Trinajstić information content (AvgIpc) is 2.27. The zero-order valence-electron chi connectivity index (χ0n) is 11.4. The second-order valence-electron chi connectivity index (χ2n) is 4.64. The maximum Gasteiger partial charge on any atom is 0.208 e. The molecule has 0 radical (unpaired) electrons. The number of methoxy groups -OCH3 is 1. The molecule has 1 aromatic carbocycles. The first kappa shape index (κ1) is 15.0. The van der Waals surface area contributed by atoms with Crippen molar-refractivity contribution in [3.63, 3.8) is 0 Å². The van der Waals surface area contributed by atoms with E-state index >= 15 is 0 Å². The summed E-state index contributed by atoms with van der Waals surface area (Å²) in [5.41, 5.74) is 2.23. The van der Waals surface area contributed by atoms with Gasteiger partial charge in [-0.05, 0) is 29.5 Å². The Morgan fingerprint density at radius 3 is 2.50 bits per heavy atom. The van der Waals surface area contributed by atoms with Crippen LogP contribution in [-0.2, 0) is 16.4 Å². The van der Waals surface area contributed by atoms with Gasteiger partial charge < -0.3 is 4.74 Å². The Morgan fingerprint density at radius 2 is 2.00 bits per heavy atom. The van der Waals surface area contributed by atoms with Crippen molar-refractivity contribution in [2.24, 2.45) is 0 Å². The predicted octanol–water partition coefficient (Wildman–Crippen LogP) is 1.91. The zero-order valence-corrected chi connectivity index (χ0v) is 12.2. The first-order valence-electron chi connectivity index (χ1n) is 5.95. The highest BCUT2D eigenvalue weighted by Crippen LogP contribution is 2.24. The number of nitrogens with one attached hydrogen (secondary N) is 1. The van der Waals surface area contributed by atoms with E-state index in [0.717, 1.165) is 17.6 Å². The molecule has 0 spiro atoms. The molecule has 4 nitrogen and oxygen atoms in total. The van der Waals surface area contributed by atoms with Crippen LogP contribution in [0.4, 0.5) is 0 Å². The summed E-state index contributed by atoms with van der Waals surface area (Å²) in [5.74, 6) is 1.26. The van der Waals surface area contributed by atoms with Gasteiger partial charge >= 0.3 is 0 Å². The molecule has 1 N–H and O–H groups in total. The molecule has 0 bridgehead atoms. The first-order valence-corrected chi connectivity index (χ1v) is 7.84. The largest absolute Gasteiger partial charge is 0.496 e. The molecule has 0 fully saturated rings. The highest BCUT2D eigenvalue weighted by Gasteiger charge is 2.08. The predicted molar refractivity (Wildman–Crippen MR) is 73.6 cm³/mol. The van der Waals surface area contributed by atoms with Crippen LogP contribution in [0.2, 0.25) is 0 Å². The molecule has 0 heterocycles. The van der Waals surface area contributed by atoms with Crippen molar-refractivity contribution < 1.29 is 13.2 Å². The highest BCUT2D eigenvalue weighted by atomic mass is 32.2. The highest BCUT2D eigenvalue weighted by molar-refractivity contribution is 7.88. The van der Waals surface area contributed by atoms with E-state index in [0.29, 0.717) is 18.9 Å². The van der Waals surface area contributed by atoms with Crippen LogP contribution in [0, 0.1) is 0 Å². The number of hydrogen-bond donors (Lipinski definition) is 1. The summed E-state index contributed by atoms with van der Waals surface area (Å²) >= 11 is 0. The van der Waals surface area contributed by atoms with Crippen LogP contribution in [0.3, 0.4) is 0 Å². The number of hydrogen-bond acceptors (Lipinski definition) is 3. The molecule has 0 saturated heterocycles. The summed E-state index contributed by atoms with van der Waals surface area (Å²) in [4.78, 5) is 0. The van der Waals surface area contributed by atoms with Gasteiger partial charge in [0.05, 0.1) is 13.4 Å². The second-order valence-corrected chi connectivity index (χ2v) is 6.48. The molecule has 1 rings (SSSR count). The second kappa shape index (κ2) is 6.20. The van der Waals surface area contributed by atoms with Gasteiger partial charge in [-0.1, -0.05) is 26.0 Å². The molecule has 1 aromatic rings. The van der Waals surface area contributed by atoms with Gasteiger partial charge in [-0.2, -0.15) is 0 Å². The minimum absolute atomic E-state index is 0.385. The van der Waals surface area contributed by atoms with Crippen LogP contribution in [0.15, 0.2) is 18.2 Å². The van der Waals surface area contributed by atoms with Crippen LogP contribution in [0.1, 0.15) is 30.9 Å². The maximum atomic E-state index is 11.0. The summed E-state index contributed by atoms with van der Waals surface area (Å²) in [7, 11) is -1.49. The summed E-state index contributed by atoms with van der Waals surface area (Å²) in [6, 6.07) is 6.07. The smallest absolute Gasteiger partial charge is 0.208 e. The fraction of sp³-hybridized carbons (Fsp3) is 0.538. The van der Waals surface area contributed by atoms with Crippen LogP contribution in [0.5, 0.6) is 5.75 Å². The fourth-order valence-electron chi connectivity index (χ4n) is 1.70. The third-order valence-electron chi connectivity index (χ3n) is 2.74. The van der Waals surface area contributed by atoms with Gasteiger partial charge in [-0.25, -0.2) is 13.1 Å². The molecular formula is C13H21NO3S. The van der Waals surface area contributed by atoms with E-state index in [1.807, 2.05) is 12.1 Å². The third-order valence-corrected chi connectivity index (χ3v) is 3.46. The molecule has 0 saturated carbocycles. The quantitative estimate of drug-likeness (QED) is 0.860. The van der Waals surface area contributed by atoms with Gasteiger partial charge in [0.15, 0.2) is 0 Å². The van der Waals surface area contributed by atoms with Crippen molar-refractivity contribution in [2.75, 3.05) is 19.9 Å². The average molecular weight is 271 g/mol. The van der Waals surface area contributed by atoms with E-state index in [1.54, 1.807) is 7.11 Å². The van der Waals surface area contributed by atoms with Crippen molar-refractivity contribution in [3.8, 4) is 5.75 Å². The Balaban J connectivity index is 2.77. The van der Waals surface area contributed by atoms with E-state index in [1.165, 1.54) is 5.56 Å². The van der Waals surface area contributed by atoms with E-state index in [9.17, 15) is 8.42 Å². The van der Waals surface area contributed by atoms with Gasteiger partial charge in [0, 0.05) is 6.54 Å². The number of rotatable bonds is 6. The Hall–Kier alpha value is -1.07. The van der Waals surface area contributed by atoms with E-state index < -0.39 is 10.0 Å². The Labute approximate surface area is 109 Å². The number of benzene rings is 1. The monoisotopic (exact) mass is 271 g/mol. The van der Waals surface area contributed by atoms with Gasteiger partial charge in [0.1, 0.15) is 5.75 Å². The minimum Gasteiger partial charge on any atom is -0.496 e. The minimum atomic E-state index is -3.13.